The van der Waals surface area contributed by atoms with Crippen molar-refractivity contribution in [1.82, 2.24) is 9.88 Å². The lowest BCUT2D eigenvalue weighted by atomic mass is 10.2. The molecule has 0 spiro atoms. The molecule has 0 unspecified atom stereocenters. The number of hydrogen-bond acceptors (Lipinski definition) is 3. The molecular formula is C15H19N3O. The predicted molar refractivity (Wildman–Crippen MR) is 78.7 cm³/mol. The molecule has 0 atom stereocenters. The molecule has 3 rings (SSSR count). The molecule has 1 fully saturated rings. The highest BCUT2D eigenvalue weighted by Gasteiger charge is 2.10. The lowest BCUT2D eigenvalue weighted by Gasteiger charge is -2.15. The van der Waals surface area contributed by atoms with Crippen LogP contribution >= 0.6 is 0 Å². The molecule has 1 saturated heterocycles. The first-order valence-corrected chi connectivity index (χ1v) is 6.91. The molecule has 100 valence electrons. The lowest BCUT2D eigenvalue weighted by Crippen LogP contribution is -2.26. The van der Waals surface area contributed by atoms with Crippen LogP contribution in [-0.4, -0.2) is 36.1 Å². The highest BCUT2D eigenvalue weighted by molar-refractivity contribution is 5.83. The number of likely N-dealkylation sites (tertiary alicyclic amines) is 1. The van der Waals surface area contributed by atoms with Crippen LogP contribution in [0.4, 0.5) is 5.82 Å². The summed E-state index contributed by atoms with van der Waals surface area (Å²) in [6.45, 7) is 4.31. The summed E-state index contributed by atoms with van der Waals surface area (Å²) < 4.78 is 0. The Hall–Kier alpha value is -1.81. The molecular weight excluding hydrogens is 238 g/mol. The minimum absolute atomic E-state index is 0.0261. The van der Waals surface area contributed by atoms with Gasteiger partial charge in [-0.25, -0.2) is 0 Å². The smallest absolute Gasteiger partial charge is 0.257 e. The Kier molecular flexibility index (Phi) is 3.51. The molecule has 2 heterocycles. The maximum Gasteiger partial charge on any atom is 0.257 e. The summed E-state index contributed by atoms with van der Waals surface area (Å²) in [7, 11) is 0. The van der Waals surface area contributed by atoms with E-state index in [1.165, 1.54) is 25.9 Å². The molecule has 4 heteroatoms. The summed E-state index contributed by atoms with van der Waals surface area (Å²) in [6.07, 6.45) is 2.62. The Labute approximate surface area is 112 Å². The minimum Gasteiger partial charge on any atom is -0.370 e. The zero-order valence-electron chi connectivity index (χ0n) is 11.0. The van der Waals surface area contributed by atoms with Gasteiger partial charge in [0.1, 0.15) is 5.82 Å². The van der Waals surface area contributed by atoms with Gasteiger partial charge in [0.05, 0.1) is 0 Å². The fourth-order valence-electron chi connectivity index (χ4n) is 2.66. The molecule has 2 aromatic rings. The molecule has 19 heavy (non-hydrogen) atoms. The molecule has 0 amide bonds. The van der Waals surface area contributed by atoms with E-state index in [2.05, 4.69) is 15.2 Å². The summed E-state index contributed by atoms with van der Waals surface area (Å²) in [5, 5.41) is 5.03. The van der Waals surface area contributed by atoms with Gasteiger partial charge in [-0.2, -0.15) is 0 Å². The van der Waals surface area contributed by atoms with Crippen LogP contribution in [0.25, 0.3) is 10.8 Å². The third kappa shape index (κ3) is 2.79. The summed E-state index contributed by atoms with van der Waals surface area (Å²) in [4.78, 5) is 17.3. The van der Waals surface area contributed by atoms with Gasteiger partial charge in [-0.1, -0.05) is 18.2 Å². The van der Waals surface area contributed by atoms with Crippen molar-refractivity contribution in [2.24, 2.45) is 0 Å². The molecule has 0 bridgehead atoms. The average molecular weight is 257 g/mol. The first-order chi connectivity index (χ1) is 9.33. The number of pyridine rings is 1. The maximum absolute atomic E-state index is 11.9. The topological polar surface area (TPSA) is 48.1 Å². The van der Waals surface area contributed by atoms with Crippen molar-refractivity contribution >= 4 is 16.6 Å². The zero-order valence-corrected chi connectivity index (χ0v) is 11.0. The van der Waals surface area contributed by atoms with E-state index < -0.39 is 0 Å². The lowest BCUT2D eigenvalue weighted by molar-refractivity contribution is 0.352. The molecule has 1 aromatic heterocycles. The number of H-pyrrole nitrogens is 1. The standard InChI is InChI=1S/C15H19N3O/c19-15-13-6-2-1-5-12(13)11-14(17-15)16-7-10-18-8-3-4-9-18/h1-2,5-6,11H,3-4,7-10H2,(H2,16,17,19). The number of aromatic amines is 1. The zero-order chi connectivity index (χ0) is 13.1. The third-order valence-electron chi connectivity index (χ3n) is 3.70. The number of hydrogen-bond donors (Lipinski definition) is 2. The summed E-state index contributed by atoms with van der Waals surface area (Å²) in [5.74, 6) is 0.808. The van der Waals surface area contributed by atoms with E-state index in [4.69, 9.17) is 0 Å². The Morgan fingerprint density at radius 2 is 2.00 bits per heavy atom. The van der Waals surface area contributed by atoms with Gasteiger partial charge in [-0.3, -0.25) is 4.79 Å². The summed E-state index contributed by atoms with van der Waals surface area (Å²) in [6, 6.07) is 9.66. The monoisotopic (exact) mass is 257 g/mol. The van der Waals surface area contributed by atoms with Gasteiger partial charge in [0, 0.05) is 18.5 Å². The van der Waals surface area contributed by atoms with Crippen LogP contribution in [-0.2, 0) is 0 Å². The van der Waals surface area contributed by atoms with Gasteiger partial charge in [0.15, 0.2) is 0 Å². The van der Waals surface area contributed by atoms with Crippen LogP contribution < -0.4 is 10.9 Å². The van der Waals surface area contributed by atoms with E-state index in [9.17, 15) is 4.79 Å². The SMILES string of the molecule is O=c1[nH]c(NCCN2CCCC2)cc2ccccc12. The highest BCUT2D eigenvalue weighted by Crippen LogP contribution is 2.12. The van der Waals surface area contributed by atoms with Gasteiger partial charge < -0.3 is 15.2 Å². The van der Waals surface area contributed by atoms with Gasteiger partial charge in [0.2, 0.25) is 0 Å². The fraction of sp³-hybridized carbons (Fsp3) is 0.400. The molecule has 1 aromatic carbocycles. The van der Waals surface area contributed by atoms with Crippen molar-refractivity contribution in [2.45, 2.75) is 12.8 Å². The van der Waals surface area contributed by atoms with Crippen LogP contribution in [0.2, 0.25) is 0 Å². The van der Waals surface area contributed by atoms with E-state index in [0.29, 0.717) is 0 Å². The number of nitrogens with one attached hydrogen (secondary N) is 2. The second-order valence-electron chi connectivity index (χ2n) is 5.07. The van der Waals surface area contributed by atoms with Crippen molar-refractivity contribution in [3.8, 4) is 0 Å². The summed E-state index contributed by atoms with van der Waals surface area (Å²) >= 11 is 0. The Morgan fingerprint density at radius 1 is 1.21 bits per heavy atom. The van der Waals surface area contributed by atoms with Crippen molar-refractivity contribution in [2.75, 3.05) is 31.5 Å². The Balaban J connectivity index is 1.69. The van der Waals surface area contributed by atoms with E-state index in [1.54, 1.807) is 0 Å². The second-order valence-corrected chi connectivity index (χ2v) is 5.07. The fourth-order valence-corrected chi connectivity index (χ4v) is 2.66. The van der Waals surface area contributed by atoms with Gasteiger partial charge >= 0.3 is 0 Å². The number of aromatic nitrogens is 1. The predicted octanol–water partition coefficient (Wildman–Crippen LogP) is 2.04. The Bertz CT molecular complexity index is 614. The first-order valence-electron chi connectivity index (χ1n) is 6.91. The molecule has 1 aliphatic heterocycles. The van der Waals surface area contributed by atoms with Crippen molar-refractivity contribution in [3.05, 3.63) is 40.7 Å². The quantitative estimate of drug-likeness (QED) is 0.881. The van der Waals surface area contributed by atoms with Gasteiger partial charge in [-0.15, -0.1) is 0 Å². The molecule has 0 saturated carbocycles. The largest absolute Gasteiger partial charge is 0.370 e. The first kappa shape index (κ1) is 12.2. The number of nitrogens with zero attached hydrogens (tertiary/aromatic N) is 1. The van der Waals surface area contributed by atoms with Gasteiger partial charge in [0.25, 0.3) is 5.56 Å². The van der Waals surface area contributed by atoms with E-state index in [0.717, 1.165) is 29.7 Å². The third-order valence-corrected chi connectivity index (χ3v) is 3.70. The molecule has 0 aliphatic carbocycles. The van der Waals surface area contributed by atoms with Crippen molar-refractivity contribution in [3.63, 3.8) is 0 Å². The van der Waals surface area contributed by atoms with Crippen LogP contribution in [0, 0.1) is 0 Å². The molecule has 2 N–H and O–H groups in total. The number of anilines is 1. The number of rotatable bonds is 4. The van der Waals surface area contributed by atoms with Crippen LogP contribution in [0.3, 0.4) is 0 Å². The molecule has 1 aliphatic rings. The number of benzene rings is 1. The van der Waals surface area contributed by atoms with Crippen LogP contribution in [0.1, 0.15) is 12.8 Å². The average Bonchev–Trinajstić information content (AvgIpc) is 2.92. The van der Waals surface area contributed by atoms with Crippen LogP contribution in [0.5, 0.6) is 0 Å². The highest BCUT2D eigenvalue weighted by atomic mass is 16.1. The molecule has 0 radical (unpaired) electrons. The van der Waals surface area contributed by atoms with Crippen LogP contribution in [0.15, 0.2) is 35.1 Å². The van der Waals surface area contributed by atoms with E-state index in [1.807, 2.05) is 30.3 Å². The minimum atomic E-state index is -0.0261. The van der Waals surface area contributed by atoms with Crippen molar-refractivity contribution < 1.29 is 0 Å². The van der Waals surface area contributed by atoms with E-state index >= 15 is 0 Å². The number of fused-ring (bicyclic) bond motifs is 1. The van der Waals surface area contributed by atoms with Gasteiger partial charge in [-0.05, 0) is 43.5 Å². The summed E-state index contributed by atoms with van der Waals surface area (Å²) in [5.41, 5.74) is -0.0261. The second kappa shape index (κ2) is 5.45. The maximum atomic E-state index is 11.9. The molecule has 4 nitrogen and oxygen atoms in total. The Morgan fingerprint density at radius 3 is 2.84 bits per heavy atom. The normalized spacial score (nSPS) is 16.0. The van der Waals surface area contributed by atoms with Crippen molar-refractivity contribution in [1.29, 1.82) is 0 Å². The van der Waals surface area contributed by atoms with E-state index in [-0.39, 0.29) is 5.56 Å².